The smallest absolute Gasteiger partial charge is 0.319 e. The fraction of sp³-hybridized carbons (Fsp3) is 0.312. The number of benzene rings is 1. The van der Waals surface area contributed by atoms with Gasteiger partial charge in [0.15, 0.2) is 9.84 Å². The van der Waals surface area contributed by atoms with E-state index in [0.717, 1.165) is 12.0 Å². The Hall–Kier alpha value is -2.28. The molecule has 0 fully saturated rings. The lowest BCUT2D eigenvalue weighted by Crippen LogP contribution is -2.31. The topological polar surface area (TPSA) is 88.4 Å². The summed E-state index contributed by atoms with van der Waals surface area (Å²) < 4.78 is 28.4. The molecule has 1 aromatic heterocycles. The van der Waals surface area contributed by atoms with Crippen LogP contribution in [0.25, 0.3) is 0 Å². The number of furan rings is 1. The van der Waals surface area contributed by atoms with Crippen LogP contribution in [0.3, 0.4) is 0 Å². The van der Waals surface area contributed by atoms with Gasteiger partial charge >= 0.3 is 6.03 Å². The van der Waals surface area contributed by atoms with Crippen LogP contribution in [0.15, 0.2) is 40.8 Å². The van der Waals surface area contributed by atoms with Crippen LogP contribution in [0.5, 0.6) is 0 Å². The molecule has 2 aromatic rings. The van der Waals surface area contributed by atoms with Crippen molar-refractivity contribution in [3.05, 3.63) is 53.5 Å². The van der Waals surface area contributed by atoms with E-state index in [4.69, 9.17) is 4.42 Å². The Balaban J connectivity index is 2.06. The first-order chi connectivity index (χ1) is 10.7. The largest absolute Gasteiger partial charge is 0.464 e. The lowest BCUT2D eigenvalue weighted by molar-refractivity contribution is 0.247. The number of amides is 2. The first kappa shape index (κ1) is 17.1. The fourth-order valence-electron chi connectivity index (χ4n) is 2.16. The van der Waals surface area contributed by atoms with E-state index in [1.807, 2.05) is 13.0 Å². The number of aryl methyl sites for hydroxylation is 1. The summed E-state index contributed by atoms with van der Waals surface area (Å²) in [6.45, 7) is 3.64. The Morgan fingerprint density at radius 3 is 2.52 bits per heavy atom. The lowest BCUT2D eigenvalue weighted by Gasteiger charge is -2.14. The first-order valence-corrected chi connectivity index (χ1v) is 9.20. The quantitative estimate of drug-likeness (QED) is 0.878. The van der Waals surface area contributed by atoms with Crippen molar-refractivity contribution in [2.45, 2.75) is 25.6 Å². The summed E-state index contributed by atoms with van der Waals surface area (Å²) in [5, 5.41) is 5.44. The van der Waals surface area contributed by atoms with Crippen molar-refractivity contribution in [3.8, 4) is 0 Å². The van der Waals surface area contributed by atoms with Crippen LogP contribution in [0.1, 0.15) is 30.0 Å². The number of hydrogen-bond acceptors (Lipinski definition) is 4. The van der Waals surface area contributed by atoms with E-state index >= 15 is 0 Å². The van der Waals surface area contributed by atoms with Crippen molar-refractivity contribution >= 4 is 21.6 Å². The summed E-state index contributed by atoms with van der Waals surface area (Å²) in [4.78, 5) is 12.1. The zero-order chi connectivity index (χ0) is 17.0. The van der Waals surface area contributed by atoms with Crippen LogP contribution < -0.4 is 10.6 Å². The molecule has 1 heterocycles. The van der Waals surface area contributed by atoms with Crippen LogP contribution >= 0.6 is 0 Å². The molecule has 0 saturated carbocycles. The number of rotatable bonds is 5. The zero-order valence-corrected chi connectivity index (χ0v) is 14.1. The van der Waals surface area contributed by atoms with Crippen molar-refractivity contribution in [2.24, 2.45) is 0 Å². The van der Waals surface area contributed by atoms with Gasteiger partial charge in [-0.2, -0.15) is 0 Å². The third-order valence-corrected chi connectivity index (χ3v) is 4.05. The third-order valence-electron chi connectivity index (χ3n) is 3.22. The molecule has 124 valence electrons. The van der Waals surface area contributed by atoms with E-state index in [-0.39, 0.29) is 11.8 Å². The summed E-state index contributed by atoms with van der Waals surface area (Å²) in [7, 11) is -3.19. The van der Waals surface area contributed by atoms with Crippen molar-refractivity contribution in [1.82, 2.24) is 5.32 Å². The third kappa shape index (κ3) is 5.14. The van der Waals surface area contributed by atoms with E-state index in [1.54, 1.807) is 37.3 Å². The molecule has 2 N–H and O–H groups in total. The summed E-state index contributed by atoms with van der Waals surface area (Å²) in [5.41, 5.74) is 1.02. The number of hydrogen-bond donors (Lipinski definition) is 2. The minimum Gasteiger partial charge on any atom is -0.464 e. The van der Waals surface area contributed by atoms with Gasteiger partial charge in [-0.05, 0) is 37.6 Å². The van der Waals surface area contributed by atoms with Gasteiger partial charge in [-0.1, -0.05) is 18.2 Å². The Bertz CT molecular complexity index is 796. The standard InChI is InChI=1S/C16H20N2O4S/c1-11-8-9-15(22-11)12(2)17-16(19)18-14-7-5-4-6-13(14)10-23(3,20)21/h4-9,12H,10H2,1-3H3,(H2,17,18,19)/t12-/m0/s1. The van der Waals surface area contributed by atoms with Crippen LogP contribution in [0.4, 0.5) is 10.5 Å². The van der Waals surface area contributed by atoms with Crippen LogP contribution in [-0.2, 0) is 15.6 Å². The highest BCUT2D eigenvalue weighted by molar-refractivity contribution is 7.89. The molecule has 0 bridgehead atoms. The first-order valence-electron chi connectivity index (χ1n) is 7.14. The Labute approximate surface area is 135 Å². The number of nitrogens with one attached hydrogen (secondary N) is 2. The van der Waals surface area contributed by atoms with Gasteiger partial charge in [-0.3, -0.25) is 0 Å². The number of carbonyl (C=O) groups is 1. The van der Waals surface area contributed by atoms with Crippen LogP contribution in [-0.4, -0.2) is 20.7 Å². The minimum atomic E-state index is -3.19. The SMILES string of the molecule is Cc1ccc([C@H](C)NC(=O)Nc2ccccc2CS(C)(=O)=O)o1. The summed E-state index contributed by atoms with van der Waals surface area (Å²) >= 11 is 0. The molecule has 0 saturated heterocycles. The second kappa shape index (κ2) is 6.87. The molecule has 0 unspecified atom stereocenters. The molecule has 0 aliphatic carbocycles. The maximum atomic E-state index is 12.1. The predicted octanol–water partition coefficient (Wildman–Crippen LogP) is 3.02. The van der Waals surface area contributed by atoms with Crippen molar-refractivity contribution in [3.63, 3.8) is 0 Å². The highest BCUT2D eigenvalue weighted by Gasteiger charge is 2.15. The van der Waals surface area contributed by atoms with Gasteiger partial charge in [0.1, 0.15) is 11.5 Å². The highest BCUT2D eigenvalue weighted by atomic mass is 32.2. The number of carbonyl (C=O) groups excluding carboxylic acids is 1. The number of urea groups is 1. The van der Waals surface area contributed by atoms with Crippen LogP contribution in [0.2, 0.25) is 0 Å². The molecule has 1 atom stereocenters. The van der Waals surface area contributed by atoms with Crippen molar-refractivity contribution in [2.75, 3.05) is 11.6 Å². The Morgan fingerprint density at radius 2 is 1.91 bits per heavy atom. The normalized spacial score (nSPS) is 12.7. The number of para-hydroxylation sites is 1. The molecule has 1 aromatic carbocycles. The summed E-state index contributed by atoms with van der Waals surface area (Å²) in [5.74, 6) is 1.30. The second-order valence-corrected chi connectivity index (χ2v) is 7.64. The monoisotopic (exact) mass is 336 g/mol. The maximum Gasteiger partial charge on any atom is 0.319 e. The molecular formula is C16H20N2O4S. The number of sulfone groups is 1. The van der Waals surface area contributed by atoms with E-state index in [0.29, 0.717) is 17.0 Å². The van der Waals surface area contributed by atoms with Gasteiger partial charge in [0.25, 0.3) is 0 Å². The lowest BCUT2D eigenvalue weighted by atomic mass is 10.2. The molecule has 0 aliphatic heterocycles. The molecule has 0 aliphatic rings. The average molecular weight is 336 g/mol. The van der Waals surface area contributed by atoms with E-state index in [1.165, 1.54) is 0 Å². The van der Waals surface area contributed by atoms with E-state index < -0.39 is 15.9 Å². The maximum absolute atomic E-state index is 12.1. The molecule has 6 nitrogen and oxygen atoms in total. The highest BCUT2D eigenvalue weighted by Crippen LogP contribution is 2.19. The van der Waals surface area contributed by atoms with Crippen molar-refractivity contribution < 1.29 is 17.6 Å². The van der Waals surface area contributed by atoms with Crippen LogP contribution in [0, 0.1) is 6.92 Å². The fourth-order valence-corrected chi connectivity index (χ4v) is 2.98. The van der Waals surface area contributed by atoms with Gasteiger partial charge in [0, 0.05) is 11.9 Å². The Morgan fingerprint density at radius 1 is 1.22 bits per heavy atom. The predicted molar refractivity (Wildman–Crippen MR) is 89.0 cm³/mol. The Kier molecular flexibility index (Phi) is 5.10. The summed E-state index contributed by atoms with van der Waals surface area (Å²) in [6.07, 6.45) is 1.16. The molecule has 2 rings (SSSR count). The molecule has 0 radical (unpaired) electrons. The van der Waals surface area contributed by atoms with E-state index in [9.17, 15) is 13.2 Å². The van der Waals surface area contributed by atoms with Gasteiger partial charge in [0.2, 0.25) is 0 Å². The van der Waals surface area contributed by atoms with E-state index in [2.05, 4.69) is 10.6 Å². The van der Waals surface area contributed by atoms with Gasteiger partial charge in [0.05, 0.1) is 11.8 Å². The summed E-state index contributed by atoms with van der Waals surface area (Å²) in [6, 6.07) is 9.72. The molecule has 7 heteroatoms. The average Bonchev–Trinajstić information content (AvgIpc) is 2.86. The second-order valence-electron chi connectivity index (χ2n) is 5.50. The van der Waals surface area contributed by atoms with Gasteiger partial charge in [-0.15, -0.1) is 0 Å². The molecule has 2 amide bonds. The number of anilines is 1. The molecular weight excluding hydrogens is 316 g/mol. The molecule has 23 heavy (non-hydrogen) atoms. The van der Waals surface area contributed by atoms with Gasteiger partial charge in [-0.25, -0.2) is 13.2 Å². The zero-order valence-electron chi connectivity index (χ0n) is 13.3. The minimum absolute atomic E-state index is 0.129. The molecule has 0 spiro atoms. The van der Waals surface area contributed by atoms with Crippen molar-refractivity contribution in [1.29, 1.82) is 0 Å². The van der Waals surface area contributed by atoms with Gasteiger partial charge < -0.3 is 15.1 Å².